The summed E-state index contributed by atoms with van der Waals surface area (Å²) < 4.78 is 25.9. The van der Waals surface area contributed by atoms with Crippen molar-refractivity contribution in [1.82, 2.24) is 0 Å². The smallest absolute Gasteiger partial charge is 0.160 e. The van der Waals surface area contributed by atoms with Crippen LogP contribution >= 0.6 is 35.0 Å². The predicted octanol–water partition coefficient (Wildman–Crippen LogP) is 3.42. The summed E-state index contributed by atoms with van der Waals surface area (Å²) in [6, 6.07) is 2.34. The van der Waals surface area contributed by atoms with Gasteiger partial charge in [0.15, 0.2) is 11.6 Å². The molecule has 0 saturated heterocycles. The number of hydrogen-bond acceptors (Lipinski definition) is 1. The molecule has 0 aliphatic rings. The molecule has 0 amide bonds. The van der Waals surface area contributed by atoms with Gasteiger partial charge in [-0.25, -0.2) is 8.78 Å². The molecule has 5 heteroatoms. The van der Waals surface area contributed by atoms with E-state index in [9.17, 15) is 8.78 Å². The Bertz CT molecular complexity index is 294. The Morgan fingerprint density at radius 2 is 1.85 bits per heavy atom. The zero-order valence-corrected chi connectivity index (χ0v) is 9.88. The third kappa shape index (κ3) is 3.27. The third-order valence-corrected chi connectivity index (χ3v) is 2.27. The van der Waals surface area contributed by atoms with Crippen molar-refractivity contribution in [3.05, 3.63) is 27.3 Å². The fourth-order valence-electron chi connectivity index (χ4n) is 0.848. The quantitative estimate of drug-likeness (QED) is 0.650. The second-order valence-corrected chi connectivity index (χ2v) is 3.44. The minimum Gasteiger partial charge on any atom is -0.384 e. The van der Waals surface area contributed by atoms with Gasteiger partial charge in [0.2, 0.25) is 0 Å². The lowest BCUT2D eigenvalue weighted by Gasteiger charge is -2.05. The van der Waals surface area contributed by atoms with E-state index in [4.69, 9.17) is 0 Å². The maximum Gasteiger partial charge on any atom is 0.160 e. The maximum atomic E-state index is 12.7. The Morgan fingerprint density at radius 3 is 2.38 bits per heavy atom. The van der Waals surface area contributed by atoms with Gasteiger partial charge >= 0.3 is 0 Å². The molecule has 1 nitrogen and oxygen atoms in total. The number of benzene rings is 1. The summed E-state index contributed by atoms with van der Waals surface area (Å²) in [4.78, 5) is 0. The summed E-state index contributed by atoms with van der Waals surface area (Å²) in [5, 5.41) is 2.93. The zero-order valence-electron chi connectivity index (χ0n) is 6.90. The fraction of sp³-hybridized carbons (Fsp3) is 0.250. The second-order valence-electron chi connectivity index (χ2n) is 2.28. The van der Waals surface area contributed by atoms with E-state index in [-0.39, 0.29) is 12.4 Å². The SMILES string of the molecule is CCNc1cc(F)c(F)cc1I.Cl. The van der Waals surface area contributed by atoms with Gasteiger partial charge in [0.1, 0.15) is 0 Å². The van der Waals surface area contributed by atoms with Gasteiger partial charge < -0.3 is 5.32 Å². The average Bonchev–Trinajstić information content (AvgIpc) is 2.01. The molecule has 0 unspecified atom stereocenters. The summed E-state index contributed by atoms with van der Waals surface area (Å²) in [7, 11) is 0. The first-order chi connectivity index (χ1) is 5.65. The van der Waals surface area contributed by atoms with Crippen molar-refractivity contribution in [1.29, 1.82) is 0 Å². The zero-order chi connectivity index (χ0) is 9.14. The van der Waals surface area contributed by atoms with Crippen LogP contribution in [0.3, 0.4) is 0 Å². The molecule has 0 atom stereocenters. The summed E-state index contributed by atoms with van der Waals surface area (Å²) in [5.41, 5.74) is 0.636. The van der Waals surface area contributed by atoms with Crippen molar-refractivity contribution in [2.45, 2.75) is 6.92 Å². The van der Waals surface area contributed by atoms with E-state index in [1.807, 2.05) is 29.5 Å². The van der Waals surface area contributed by atoms with Crippen LogP contribution in [0.2, 0.25) is 0 Å². The molecule has 0 saturated carbocycles. The normalized spacial score (nSPS) is 9.23. The highest BCUT2D eigenvalue weighted by molar-refractivity contribution is 14.1. The number of rotatable bonds is 2. The molecule has 0 aliphatic heterocycles. The molecule has 1 aromatic rings. The van der Waals surface area contributed by atoms with Crippen LogP contribution in [0.5, 0.6) is 0 Å². The summed E-state index contributed by atoms with van der Waals surface area (Å²) >= 11 is 1.96. The van der Waals surface area contributed by atoms with Crippen LogP contribution in [0.25, 0.3) is 0 Å². The Kier molecular flexibility index (Phi) is 5.55. The summed E-state index contributed by atoms with van der Waals surface area (Å²) in [5.74, 6) is -1.62. The lowest BCUT2D eigenvalue weighted by molar-refractivity contribution is 0.508. The number of hydrogen-bond donors (Lipinski definition) is 1. The highest BCUT2D eigenvalue weighted by Crippen LogP contribution is 2.21. The summed E-state index contributed by atoms with van der Waals surface area (Å²) in [6.45, 7) is 2.60. The molecular weight excluding hydrogens is 310 g/mol. The minimum atomic E-state index is -0.814. The first-order valence-corrected chi connectivity index (χ1v) is 4.61. The van der Waals surface area contributed by atoms with Gasteiger partial charge in [-0.3, -0.25) is 0 Å². The third-order valence-electron chi connectivity index (χ3n) is 1.38. The van der Waals surface area contributed by atoms with E-state index in [0.29, 0.717) is 15.8 Å². The average molecular weight is 320 g/mol. The monoisotopic (exact) mass is 319 g/mol. The van der Waals surface area contributed by atoms with Crippen LogP contribution < -0.4 is 5.32 Å². The molecule has 0 spiro atoms. The van der Waals surface area contributed by atoms with E-state index in [2.05, 4.69) is 5.32 Å². The molecule has 74 valence electrons. The second kappa shape index (κ2) is 5.59. The van der Waals surface area contributed by atoms with Crippen LogP contribution in [-0.4, -0.2) is 6.54 Å². The highest BCUT2D eigenvalue weighted by Gasteiger charge is 2.06. The topological polar surface area (TPSA) is 12.0 Å². The van der Waals surface area contributed by atoms with Gasteiger partial charge in [-0.05, 0) is 35.6 Å². The fourth-order valence-corrected chi connectivity index (χ4v) is 1.47. The molecule has 13 heavy (non-hydrogen) atoms. The first kappa shape index (κ1) is 12.9. The summed E-state index contributed by atoms with van der Waals surface area (Å²) in [6.07, 6.45) is 0. The van der Waals surface area contributed by atoms with Gasteiger partial charge in [-0.1, -0.05) is 0 Å². The highest BCUT2D eigenvalue weighted by atomic mass is 127. The maximum absolute atomic E-state index is 12.7. The molecule has 0 fully saturated rings. The van der Waals surface area contributed by atoms with E-state index in [1.165, 1.54) is 12.1 Å². The Morgan fingerprint density at radius 1 is 1.31 bits per heavy atom. The molecule has 0 aliphatic carbocycles. The van der Waals surface area contributed by atoms with E-state index in [1.54, 1.807) is 0 Å². The van der Waals surface area contributed by atoms with E-state index < -0.39 is 11.6 Å². The van der Waals surface area contributed by atoms with Crippen molar-refractivity contribution in [3.63, 3.8) is 0 Å². The van der Waals surface area contributed by atoms with Crippen molar-refractivity contribution >= 4 is 40.7 Å². The predicted molar refractivity (Wildman–Crippen MR) is 60.5 cm³/mol. The molecule has 1 aromatic carbocycles. The van der Waals surface area contributed by atoms with Crippen molar-refractivity contribution in [3.8, 4) is 0 Å². The van der Waals surface area contributed by atoms with E-state index >= 15 is 0 Å². The molecule has 0 bridgehead atoms. The number of anilines is 1. The standard InChI is InChI=1S/C8H8F2IN.ClH/c1-2-12-8-4-6(10)5(9)3-7(8)11;/h3-4,12H,2H2,1H3;1H. The van der Waals surface area contributed by atoms with Gasteiger partial charge in [-0.2, -0.15) is 0 Å². The molecule has 0 aromatic heterocycles. The van der Waals surface area contributed by atoms with E-state index in [0.717, 1.165) is 0 Å². The minimum absolute atomic E-state index is 0. The van der Waals surface area contributed by atoms with Crippen LogP contribution in [0, 0.1) is 15.2 Å². The van der Waals surface area contributed by atoms with Gasteiger partial charge in [0.05, 0.1) is 5.69 Å². The van der Waals surface area contributed by atoms with Crippen LogP contribution in [-0.2, 0) is 0 Å². The number of nitrogens with one attached hydrogen (secondary N) is 1. The van der Waals surface area contributed by atoms with Crippen LogP contribution in [0.4, 0.5) is 14.5 Å². The van der Waals surface area contributed by atoms with Gasteiger partial charge in [0.25, 0.3) is 0 Å². The van der Waals surface area contributed by atoms with Crippen molar-refractivity contribution < 1.29 is 8.78 Å². The van der Waals surface area contributed by atoms with Gasteiger partial charge in [0, 0.05) is 16.2 Å². The first-order valence-electron chi connectivity index (χ1n) is 3.53. The van der Waals surface area contributed by atoms with Crippen molar-refractivity contribution in [2.24, 2.45) is 0 Å². The van der Waals surface area contributed by atoms with Crippen LogP contribution in [0.1, 0.15) is 6.92 Å². The Labute approximate surface area is 95.5 Å². The molecular formula is C8H9ClF2IN. The Balaban J connectivity index is 0.00000144. The number of halogens is 4. The van der Waals surface area contributed by atoms with Crippen molar-refractivity contribution in [2.75, 3.05) is 11.9 Å². The molecule has 1 N–H and O–H groups in total. The van der Waals surface area contributed by atoms with Gasteiger partial charge in [-0.15, -0.1) is 12.4 Å². The van der Waals surface area contributed by atoms with Crippen LogP contribution in [0.15, 0.2) is 12.1 Å². The molecule has 1 rings (SSSR count). The molecule has 0 radical (unpaired) electrons. The lowest BCUT2D eigenvalue weighted by Crippen LogP contribution is -2.00. The Hall–Kier alpha value is -0.100. The lowest BCUT2D eigenvalue weighted by atomic mass is 10.3. The molecule has 0 heterocycles. The largest absolute Gasteiger partial charge is 0.384 e.